The highest BCUT2D eigenvalue weighted by molar-refractivity contribution is 6.02. The third kappa shape index (κ3) is 5.01. The van der Waals surface area contributed by atoms with Gasteiger partial charge in [-0.3, -0.25) is 14.4 Å². The van der Waals surface area contributed by atoms with Crippen molar-refractivity contribution in [2.45, 2.75) is 12.7 Å². The lowest BCUT2D eigenvalue weighted by Gasteiger charge is -2.11. The summed E-state index contributed by atoms with van der Waals surface area (Å²) in [6, 6.07) is 14.0. The van der Waals surface area contributed by atoms with Crippen LogP contribution in [0.4, 0.5) is 18.9 Å². The number of hydrogen-bond acceptors (Lipinski definition) is 4. The molecule has 0 radical (unpaired) electrons. The molecular formula is C20H15F3N2O4. The average molecular weight is 404 g/mol. The number of ether oxygens (including phenoxy) is 1. The number of carbonyl (C=O) groups is 2. The molecular weight excluding hydrogens is 389 g/mol. The SMILES string of the molecule is O=C(COC(=O)Cn1cc(C(F)(F)F)ccc1=O)Nc1cccc2ccccc12. The number of pyridine rings is 1. The summed E-state index contributed by atoms with van der Waals surface area (Å²) in [5.74, 6) is -1.63. The third-order valence-electron chi connectivity index (χ3n) is 4.04. The van der Waals surface area contributed by atoms with E-state index in [0.29, 0.717) is 28.6 Å². The minimum absolute atomic E-state index is 0.526. The number of nitrogens with one attached hydrogen (secondary N) is 1. The molecule has 6 nitrogen and oxygen atoms in total. The number of amides is 1. The van der Waals surface area contributed by atoms with Crippen molar-refractivity contribution in [2.24, 2.45) is 0 Å². The number of hydrogen-bond donors (Lipinski definition) is 1. The van der Waals surface area contributed by atoms with E-state index in [-0.39, 0.29) is 0 Å². The van der Waals surface area contributed by atoms with Gasteiger partial charge < -0.3 is 14.6 Å². The Kier molecular flexibility index (Phi) is 5.67. The Balaban J connectivity index is 1.61. The molecule has 0 aliphatic rings. The van der Waals surface area contributed by atoms with Crippen LogP contribution in [0, 0.1) is 0 Å². The molecule has 0 fully saturated rings. The van der Waals surface area contributed by atoms with Gasteiger partial charge in [0.2, 0.25) is 0 Å². The van der Waals surface area contributed by atoms with Crippen molar-refractivity contribution >= 4 is 28.3 Å². The first-order chi connectivity index (χ1) is 13.7. The van der Waals surface area contributed by atoms with Crippen molar-refractivity contribution in [3.63, 3.8) is 0 Å². The maximum Gasteiger partial charge on any atom is 0.417 e. The van der Waals surface area contributed by atoms with Gasteiger partial charge in [-0.2, -0.15) is 13.2 Å². The van der Waals surface area contributed by atoms with Gasteiger partial charge >= 0.3 is 12.1 Å². The van der Waals surface area contributed by atoms with E-state index in [0.717, 1.165) is 10.8 Å². The van der Waals surface area contributed by atoms with Crippen LogP contribution in [-0.4, -0.2) is 23.1 Å². The second-order valence-electron chi connectivity index (χ2n) is 6.12. The first-order valence-corrected chi connectivity index (χ1v) is 8.45. The van der Waals surface area contributed by atoms with E-state index in [4.69, 9.17) is 4.74 Å². The molecule has 1 heterocycles. The number of halogens is 3. The molecule has 0 spiro atoms. The fraction of sp³-hybridized carbons (Fsp3) is 0.150. The lowest BCUT2D eigenvalue weighted by molar-refractivity contribution is -0.148. The van der Waals surface area contributed by atoms with Crippen LogP contribution in [0.1, 0.15) is 5.56 Å². The summed E-state index contributed by atoms with van der Waals surface area (Å²) in [4.78, 5) is 35.6. The summed E-state index contributed by atoms with van der Waals surface area (Å²) in [7, 11) is 0. The maximum absolute atomic E-state index is 12.7. The molecule has 0 aliphatic heterocycles. The van der Waals surface area contributed by atoms with Gasteiger partial charge in [-0.05, 0) is 17.5 Å². The first-order valence-electron chi connectivity index (χ1n) is 8.45. The van der Waals surface area contributed by atoms with Crippen molar-refractivity contribution in [1.29, 1.82) is 0 Å². The minimum Gasteiger partial charge on any atom is -0.454 e. The summed E-state index contributed by atoms with van der Waals surface area (Å²) < 4.78 is 43.5. The van der Waals surface area contributed by atoms with Crippen LogP contribution in [-0.2, 0) is 27.0 Å². The molecule has 150 valence electrons. The van der Waals surface area contributed by atoms with E-state index in [9.17, 15) is 27.6 Å². The second kappa shape index (κ2) is 8.17. The van der Waals surface area contributed by atoms with Crippen molar-refractivity contribution in [3.05, 3.63) is 76.7 Å². The Labute approximate surface area is 162 Å². The molecule has 1 amide bonds. The molecule has 3 rings (SSSR count). The topological polar surface area (TPSA) is 77.4 Å². The van der Waals surface area contributed by atoms with E-state index in [2.05, 4.69) is 5.32 Å². The van der Waals surface area contributed by atoms with E-state index in [1.165, 1.54) is 0 Å². The van der Waals surface area contributed by atoms with E-state index in [1.807, 2.05) is 30.3 Å². The Bertz CT molecular complexity index is 1120. The van der Waals surface area contributed by atoms with Gasteiger partial charge in [0, 0.05) is 23.3 Å². The summed E-state index contributed by atoms with van der Waals surface area (Å²) >= 11 is 0. The van der Waals surface area contributed by atoms with Crippen LogP contribution < -0.4 is 10.9 Å². The highest BCUT2D eigenvalue weighted by Crippen LogP contribution is 2.28. The molecule has 0 saturated carbocycles. The predicted molar refractivity (Wildman–Crippen MR) is 99.2 cm³/mol. The van der Waals surface area contributed by atoms with Crippen molar-refractivity contribution in [2.75, 3.05) is 11.9 Å². The van der Waals surface area contributed by atoms with Gasteiger partial charge in [-0.25, -0.2) is 0 Å². The monoisotopic (exact) mass is 404 g/mol. The lowest BCUT2D eigenvalue weighted by atomic mass is 10.1. The zero-order chi connectivity index (χ0) is 21.0. The molecule has 0 unspecified atom stereocenters. The normalized spacial score (nSPS) is 11.3. The number of benzene rings is 2. The minimum atomic E-state index is -4.66. The van der Waals surface area contributed by atoms with Crippen molar-refractivity contribution in [1.82, 2.24) is 4.57 Å². The highest BCUT2D eigenvalue weighted by Gasteiger charge is 2.31. The number of rotatable bonds is 5. The number of fused-ring (bicyclic) bond motifs is 1. The van der Waals surface area contributed by atoms with Crippen LogP contribution in [0.2, 0.25) is 0 Å². The number of aromatic nitrogens is 1. The molecule has 9 heteroatoms. The second-order valence-corrected chi connectivity index (χ2v) is 6.12. The summed E-state index contributed by atoms with van der Waals surface area (Å²) in [5.41, 5.74) is -1.34. The van der Waals surface area contributed by atoms with E-state index < -0.39 is 42.3 Å². The number of esters is 1. The summed E-state index contributed by atoms with van der Waals surface area (Å²) in [6.07, 6.45) is -4.13. The Morgan fingerprint density at radius 2 is 1.72 bits per heavy atom. The van der Waals surface area contributed by atoms with Gasteiger partial charge in [0.25, 0.3) is 11.5 Å². The molecule has 29 heavy (non-hydrogen) atoms. The smallest absolute Gasteiger partial charge is 0.417 e. The van der Waals surface area contributed by atoms with Gasteiger partial charge in [-0.15, -0.1) is 0 Å². The molecule has 2 aromatic carbocycles. The summed E-state index contributed by atoms with van der Waals surface area (Å²) in [6.45, 7) is -1.39. The standard InChI is InChI=1S/C20H15F3N2O4/c21-20(22,23)14-8-9-18(27)25(10-14)11-19(28)29-12-17(26)24-16-7-3-5-13-4-1-2-6-15(13)16/h1-10H,11-12H2,(H,24,26). The lowest BCUT2D eigenvalue weighted by Crippen LogP contribution is -2.28. The first kappa shape index (κ1) is 20.1. The van der Waals surface area contributed by atoms with Crippen molar-refractivity contribution < 1.29 is 27.5 Å². The molecule has 0 atom stereocenters. The molecule has 0 saturated heterocycles. The fourth-order valence-corrected chi connectivity index (χ4v) is 2.67. The zero-order valence-electron chi connectivity index (χ0n) is 14.9. The Morgan fingerprint density at radius 3 is 2.48 bits per heavy atom. The fourth-order valence-electron chi connectivity index (χ4n) is 2.67. The van der Waals surface area contributed by atoms with Crippen LogP contribution in [0.25, 0.3) is 10.8 Å². The zero-order valence-corrected chi connectivity index (χ0v) is 14.9. The Hall–Kier alpha value is -3.62. The van der Waals surface area contributed by atoms with Gasteiger partial charge in [-0.1, -0.05) is 36.4 Å². The third-order valence-corrected chi connectivity index (χ3v) is 4.04. The van der Waals surface area contributed by atoms with Crippen LogP contribution in [0.3, 0.4) is 0 Å². The number of carbonyl (C=O) groups excluding carboxylic acids is 2. The molecule has 0 bridgehead atoms. The van der Waals surface area contributed by atoms with Gasteiger partial charge in [0.05, 0.1) is 5.56 Å². The molecule has 0 aliphatic carbocycles. The van der Waals surface area contributed by atoms with Crippen LogP contribution in [0.15, 0.2) is 65.6 Å². The molecule has 1 N–H and O–H groups in total. The largest absolute Gasteiger partial charge is 0.454 e. The molecule has 3 aromatic rings. The average Bonchev–Trinajstić information content (AvgIpc) is 2.67. The summed E-state index contributed by atoms with van der Waals surface area (Å²) in [5, 5.41) is 4.32. The molecule has 1 aromatic heterocycles. The van der Waals surface area contributed by atoms with Crippen LogP contribution in [0.5, 0.6) is 0 Å². The van der Waals surface area contributed by atoms with Gasteiger partial charge in [0.15, 0.2) is 6.61 Å². The van der Waals surface area contributed by atoms with Crippen LogP contribution >= 0.6 is 0 Å². The van der Waals surface area contributed by atoms with E-state index >= 15 is 0 Å². The van der Waals surface area contributed by atoms with Crippen molar-refractivity contribution in [3.8, 4) is 0 Å². The highest BCUT2D eigenvalue weighted by atomic mass is 19.4. The predicted octanol–water partition coefficient (Wildman–Crippen LogP) is 3.20. The Morgan fingerprint density at radius 1 is 1.00 bits per heavy atom. The number of nitrogens with zero attached hydrogens (tertiary/aromatic N) is 1. The quantitative estimate of drug-likeness (QED) is 0.663. The number of alkyl halides is 3. The number of anilines is 1. The van der Waals surface area contributed by atoms with E-state index in [1.54, 1.807) is 12.1 Å². The maximum atomic E-state index is 12.7. The van der Waals surface area contributed by atoms with Gasteiger partial charge in [0.1, 0.15) is 6.54 Å².